The summed E-state index contributed by atoms with van der Waals surface area (Å²) in [4.78, 5) is 0. The van der Waals surface area contributed by atoms with Gasteiger partial charge in [-0.3, -0.25) is 0 Å². The fraction of sp³-hybridized carbons (Fsp3) is 0.333. The van der Waals surface area contributed by atoms with Crippen LogP contribution >= 0.6 is 0 Å². The van der Waals surface area contributed by atoms with Crippen LogP contribution in [-0.2, 0) is 6.42 Å². The number of hydrogen-bond donors (Lipinski definition) is 2. The Labute approximate surface area is 139 Å². The van der Waals surface area contributed by atoms with E-state index in [4.69, 9.17) is 0 Å². The SMILES string of the molecule is CCCCc1cc(C=Cc2ccc(O)c(C)c2)c(C)c(C)c1O. The van der Waals surface area contributed by atoms with Crippen molar-refractivity contribution in [3.05, 3.63) is 57.6 Å². The van der Waals surface area contributed by atoms with E-state index in [0.29, 0.717) is 11.5 Å². The number of unbranched alkanes of at least 4 members (excludes halogenated alkanes) is 1. The van der Waals surface area contributed by atoms with Gasteiger partial charge in [0.1, 0.15) is 11.5 Å². The maximum absolute atomic E-state index is 10.3. The van der Waals surface area contributed by atoms with Gasteiger partial charge in [0.25, 0.3) is 0 Å². The number of aryl methyl sites for hydroxylation is 2. The number of aromatic hydroxyl groups is 2. The molecule has 0 radical (unpaired) electrons. The topological polar surface area (TPSA) is 40.5 Å². The summed E-state index contributed by atoms with van der Waals surface area (Å²) in [5.41, 5.74) is 6.15. The Balaban J connectivity index is 2.36. The third-order valence-electron chi connectivity index (χ3n) is 4.46. The molecule has 23 heavy (non-hydrogen) atoms. The highest BCUT2D eigenvalue weighted by Crippen LogP contribution is 2.30. The summed E-state index contributed by atoms with van der Waals surface area (Å²) < 4.78 is 0. The fourth-order valence-electron chi connectivity index (χ4n) is 2.70. The van der Waals surface area contributed by atoms with E-state index < -0.39 is 0 Å². The van der Waals surface area contributed by atoms with Crippen LogP contribution in [-0.4, -0.2) is 10.2 Å². The monoisotopic (exact) mass is 310 g/mol. The molecule has 122 valence electrons. The molecule has 0 heterocycles. The molecule has 0 aliphatic heterocycles. The molecule has 0 saturated heterocycles. The van der Waals surface area contributed by atoms with Crippen molar-refractivity contribution >= 4 is 12.2 Å². The maximum Gasteiger partial charge on any atom is 0.121 e. The Morgan fingerprint density at radius 1 is 0.957 bits per heavy atom. The van der Waals surface area contributed by atoms with Crippen molar-refractivity contribution in [2.24, 2.45) is 0 Å². The molecule has 0 aliphatic carbocycles. The minimum absolute atomic E-state index is 0.320. The Bertz CT molecular complexity index is 727. The lowest BCUT2D eigenvalue weighted by Crippen LogP contribution is -1.94. The van der Waals surface area contributed by atoms with Crippen LogP contribution < -0.4 is 0 Å². The third kappa shape index (κ3) is 3.95. The predicted molar refractivity (Wildman–Crippen MR) is 98.0 cm³/mol. The molecule has 0 aromatic heterocycles. The van der Waals surface area contributed by atoms with Gasteiger partial charge in [-0.05, 0) is 85.2 Å². The van der Waals surface area contributed by atoms with Crippen molar-refractivity contribution in [3.63, 3.8) is 0 Å². The zero-order valence-electron chi connectivity index (χ0n) is 14.5. The molecule has 0 spiro atoms. The summed E-state index contributed by atoms with van der Waals surface area (Å²) in [5, 5.41) is 19.9. The molecule has 0 atom stereocenters. The summed E-state index contributed by atoms with van der Waals surface area (Å²) in [5.74, 6) is 0.759. The van der Waals surface area contributed by atoms with Crippen LogP contribution in [0.25, 0.3) is 12.2 Å². The van der Waals surface area contributed by atoms with Crippen molar-refractivity contribution in [3.8, 4) is 11.5 Å². The second kappa shape index (κ2) is 7.36. The van der Waals surface area contributed by atoms with E-state index in [1.165, 1.54) is 0 Å². The van der Waals surface area contributed by atoms with E-state index in [1.54, 1.807) is 6.07 Å². The van der Waals surface area contributed by atoms with Crippen LogP contribution in [0.15, 0.2) is 24.3 Å². The largest absolute Gasteiger partial charge is 0.508 e. The molecular weight excluding hydrogens is 284 g/mol. The van der Waals surface area contributed by atoms with Crippen molar-refractivity contribution in [2.75, 3.05) is 0 Å². The molecule has 2 heteroatoms. The summed E-state index contributed by atoms with van der Waals surface area (Å²) in [6.07, 6.45) is 7.24. The first-order valence-corrected chi connectivity index (χ1v) is 8.23. The highest BCUT2D eigenvalue weighted by Gasteiger charge is 2.10. The second-order valence-electron chi connectivity index (χ2n) is 6.21. The van der Waals surface area contributed by atoms with Crippen LogP contribution in [0, 0.1) is 20.8 Å². The van der Waals surface area contributed by atoms with Crippen molar-refractivity contribution in [2.45, 2.75) is 47.0 Å². The van der Waals surface area contributed by atoms with Gasteiger partial charge in [-0.15, -0.1) is 0 Å². The number of benzene rings is 2. The molecule has 0 unspecified atom stereocenters. The molecule has 0 amide bonds. The average Bonchev–Trinajstić information content (AvgIpc) is 2.54. The van der Waals surface area contributed by atoms with Gasteiger partial charge >= 0.3 is 0 Å². The van der Waals surface area contributed by atoms with Gasteiger partial charge in [0.2, 0.25) is 0 Å². The summed E-state index contributed by atoms with van der Waals surface area (Å²) >= 11 is 0. The fourth-order valence-corrected chi connectivity index (χ4v) is 2.70. The van der Waals surface area contributed by atoms with Crippen LogP contribution in [0.1, 0.15) is 53.1 Å². The molecular formula is C21H26O2. The molecule has 2 nitrogen and oxygen atoms in total. The Kier molecular flexibility index (Phi) is 5.49. The quantitative estimate of drug-likeness (QED) is 0.712. The standard InChI is InChI=1S/C21H26O2/c1-5-6-7-19-13-18(15(3)16(4)21(19)23)10-8-17-9-11-20(22)14(2)12-17/h8-13,22-23H,5-7H2,1-4H3. The molecule has 0 fully saturated rings. The van der Waals surface area contributed by atoms with E-state index in [1.807, 2.05) is 32.9 Å². The molecule has 0 bridgehead atoms. The predicted octanol–water partition coefficient (Wildman–Crippen LogP) is 5.54. The van der Waals surface area contributed by atoms with E-state index in [2.05, 4.69) is 25.1 Å². The third-order valence-corrected chi connectivity index (χ3v) is 4.46. The summed E-state index contributed by atoms with van der Waals surface area (Å²) in [7, 11) is 0. The smallest absolute Gasteiger partial charge is 0.121 e. The summed E-state index contributed by atoms with van der Waals surface area (Å²) in [6, 6.07) is 7.68. The van der Waals surface area contributed by atoms with Crippen molar-refractivity contribution in [1.82, 2.24) is 0 Å². The van der Waals surface area contributed by atoms with Gasteiger partial charge in [0.05, 0.1) is 0 Å². The average molecular weight is 310 g/mol. The number of phenols is 2. The number of phenolic OH excluding ortho intramolecular Hbond substituents is 2. The normalized spacial score (nSPS) is 11.3. The lowest BCUT2D eigenvalue weighted by Gasteiger charge is -2.13. The molecule has 0 aliphatic rings. The van der Waals surface area contributed by atoms with Crippen LogP contribution in [0.3, 0.4) is 0 Å². The zero-order valence-corrected chi connectivity index (χ0v) is 14.5. The number of hydrogen-bond acceptors (Lipinski definition) is 2. The van der Waals surface area contributed by atoms with Crippen LogP contribution in [0.4, 0.5) is 0 Å². The molecule has 2 N–H and O–H groups in total. The minimum Gasteiger partial charge on any atom is -0.508 e. The van der Waals surface area contributed by atoms with E-state index in [0.717, 1.165) is 52.6 Å². The zero-order chi connectivity index (χ0) is 17.0. The van der Waals surface area contributed by atoms with Crippen LogP contribution in [0.5, 0.6) is 11.5 Å². The van der Waals surface area contributed by atoms with Gasteiger partial charge in [0, 0.05) is 0 Å². The second-order valence-corrected chi connectivity index (χ2v) is 6.21. The minimum atomic E-state index is 0.320. The Morgan fingerprint density at radius 2 is 1.70 bits per heavy atom. The highest BCUT2D eigenvalue weighted by molar-refractivity contribution is 5.73. The van der Waals surface area contributed by atoms with Crippen molar-refractivity contribution < 1.29 is 10.2 Å². The lowest BCUT2D eigenvalue weighted by atomic mass is 9.95. The summed E-state index contributed by atoms with van der Waals surface area (Å²) in [6.45, 7) is 8.07. The highest BCUT2D eigenvalue weighted by atomic mass is 16.3. The lowest BCUT2D eigenvalue weighted by molar-refractivity contribution is 0.462. The van der Waals surface area contributed by atoms with E-state index in [9.17, 15) is 10.2 Å². The van der Waals surface area contributed by atoms with Gasteiger partial charge in [0.15, 0.2) is 0 Å². The maximum atomic E-state index is 10.3. The Hall–Kier alpha value is -2.22. The van der Waals surface area contributed by atoms with Crippen molar-refractivity contribution in [1.29, 1.82) is 0 Å². The Morgan fingerprint density at radius 3 is 2.35 bits per heavy atom. The number of rotatable bonds is 5. The van der Waals surface area contributed by atoms with Gasteiger partial charge in [-0.1, -0.05) is 31.6 Å². The van der Waals surface area contributed by atoms with Gasteiger partial charge in [-0.2, -0.15) is 0 Å². The van der Waals surface area contributed by atoms with Gasteiger partial charge < -0.3 is 10.2 Å². The molecule has 2 aromatic carbocycles. The van der Waals surface area contributed by atoms with Crippen LogP contribution in [0.2, 0.25) is 0 Å². The molecule has 2 rings (SSSR count). The van der Waals surface area contributed by atoms with Gasteiger partial charge in [-0.25, -0.2) is 0 Å². The first kappa shape index (κ1) is 17.1. The molecule has 2 aromatic rings. The van der Waals surface area contributed by atoms with E-state index in [-0.39, 0.29) is 0 Å². The van der Waals surface area contributed by atoms with E-state index >= 15 is 0 Å². The first-order valence-electron chi connectivity index (χ1n) is 8.23. The first-order chi connectivity index (χ1) is 10.9. The molecule has 0 saturated carbocycles.